The molecule has 1 aliphatic rings. The minimum Gasteiger partial charge on any atom is -0.488 e. The maximum Gasteiger partial charge on any atom is 0.225 e. The number of rotatable bonds is 6. The molecule has 1 heterocycles. The molecule has 2 rings (SSSR count). The second-order valence-corrected chi connectivity index (χ2v) is 7.74. The molecule has 1 amide bonds. The topological polar surface area (TPSA) is 66.0 Å². The molecule has 1 aromatic carbocycles. The smallest absolute Gasteiger partial charge is 0.225 e. The van der Waals surface area contributed by atoms with Crippen molar-refractivity contribution in [3.8, 4) is 5.75 Å². The van der Waals surface area contributed by atoms with Gasteiger partial charge in [-0.25, -0.2) is 0 Å². The summed E-state index contributed by atoms with van der Waals surface area (Å²) in [6.07, 6.45) is 0.914. The van der Waals surface area contributed by atoms with Crippen molar-refractivity contribution in [3.63, 3.8) is 0 Å². The largest absolute Gasteiger partial charge is 0.488 e. The molecule has 2 unspecified atom stereocenters. The van der Waals surface area contributed by atoms with E-state index in [1.165, 1.54) is 0 Å². The van der Waals surface area contributed by atoms with Crippen LogP contribution in [-0.4, -0.2) is 55.6 Å². The predicted molar refractivity (Wildman–Crippen MR) is 124 cm³/mol. The van der Waals surface area contributed by atoms with Crippen LogP contribution in [0.4, 0.5) is 0 Å². The molecular formula is C19H30BrIN4O2. The van der Waals surface area contributed by atoms with Gasteiger partial charge in [0.2, 0.25) is 5.91 Å². The minimum absolute atomic E-state index is 0. The molecule has 0 radical (unpaired) electrons. The molecule has 1 saturated heterocycles. The lowest BCUT2D eigenvalue weighted by atomic mass is 10.2. The highest BCUT2D eigenvalue weighted by Crippen LogP contribution is 2.24. The van der Waals surface area contributed by atoms with Gasteiger partial charge >= 0.3 is 0 Å². The highest BCUT2D eigenvalue weighted by Gasteiger charge is 2.28. The molecule has 2 atom stereocenters. The van der Waals surface area contributed by atoms with Gasteiger partial charge in [0.05, 0.1) is 11.0 Å². The standard InChI is InChI=1S/C19H29BrN4O2.HI/c1-13(2)18(25)24-10-9-15(12-24)23-19(21-4)22-11-14(3)26-17-8-6-5-7-16(17)20;/h5-8,13-15H,9-12H2,1-4H3,(H2,21,22,23);1H. The number of nitrogens with one attached hydrogen (secondary N) is 2. The summed E-state index contributed by atoms with van der Waals surface area (Å²) in [5.41, 5.74) is 0. The van der Waals surface area contributed by atoms with E-state index < -0.39 is 0 Å². The molecule has 2 N–H and O–H groups in total. The quantitative estimate of drug-likeness (QED) is 0.323. The Morgan fingerprint density at radius 2 is 2.07 bits per heavy atom. The summed E-state index contributed by atoms with van der Waals surface area (Å²) in [5.74, 6) is 1.81. The second-order valence-electron chi connectivity index (χ2n) is 6.88. The number of guanidine groups is 1. The monoisotopic (exact) mass is 552 g/mol. The van der Waals surface area contributed by atoms with E-state index in [0.717, 1.165) is 35.7 Å². The Bertz CT molecular complexity index is 642. The van der Waals surface area contributed by atoms with Crippen molar-refractivity contribution in [2.24, 2.45) is 10.9 Å². The molecule has 0 aromatic heterocycles. The van der Waals surface area contributed by atoms with E-state index in [0.29, 0.717) is 6.54 Å². The Balaban J connectivity index is 0.00000364. The van der Waals surface area contributed by atoms with Crippen molar-refractivity contribution >= 4 is 51.8 Å². The Morgan fingerprint density at radius 1 is 1.37 bits per heavy atom. The van der Waals surface area contributed by atoms with E-state index in [-0.39, 0.29) is 47.9 Å². The molecule has 0 spiro atoms. The number of halogens is 2. The van der Waals surface area contributed by atoms with Crippen LogP contribution in [0.3, 0.4) is 0 Å². The van der Waals surface area contributed by atoms with Crippen LogP contribution in [0.15, 0.2) is 33.7 Å². The Morgan fingerprint density at radius 3 is 2.70 bits per heavy atom. The summed E-state index contributed by atoms with van der Waals surface area (Å²) in [6, 6.07) is 8.03. The summed E-state index contributed by atoms with van der Waals surface area (Å²) in [6.45, 7) is 8.04. The first kappa shape index (κ1) is 24.0. The van der Waals surface area contributed by atoms with Gasteiger partial charge in [-0.15, -0.1) is 24.0 Å². The number of likely N-dealkylation sites (tertiary alicyclic amines) is 1. The summed E-state index contributed by atoms with van der Waals surface area (Å²) in [5, 5.41) is 6.70. The number of amides is 1. The average Bonchev–Trinajstić information content (AvgIpc) is 3.08. The minimum atomic E-state index is -0.0187. The number of benzene rings is 1. The number of hydrogen-bond donors (Lipinski definition) is 2. The summed E-state index contributed by atoms with van der Waals surface area (Å²) in [4.78, 5) is 18.3. The fourth-order valence-electron chi connectivity index (χ4n) is 2.87. The lowest BCUT2D eigenvalue weighted by Crippen LogP contribution is -2.47. The molecular weight excluding hydrogens is 523 g/mol. The molecule has 8 heteroatoms. The SMILES string of the molecule is CN=C(NCC(C)Oc1ccccc1Br)NC1CCN(C(=O)C(C)C)C1.I. The fourth-order valence-corrected chi connectivity index (χ4v) is 3.25. The van der Waals surface area contributed by atoms with Crippen LogP contribution in [0.5, 0.6) is 5.75 Å². The highest BCUT2D eigenvalue weighted by molar-refractivity contribution is 14.0. The third kappa shape index (κ3) is 7.48. The van der Waals surface area contributed by atoms with Gasteiger partial charge in [-0.3, -0.25) is 9.79 Å². The second kappa shape index (κ2) is 11.7. The van der Waals surface area contributed by atoms with E-state index in [1.807, 2.05) is 49.9 Å². The van der Waals surface area contributed by atoms with Gasteiger partial charge in [0.15, 0.2) is 5.96 Å². The van der Waals surface area contributed by atoms with Gasteiger partial charge in [-0.05, 0) is 41.4 Å². The van der Waals surface area contributed by atoms with Crippen LogP contribution < -0.4 is 15.4 Å². The van der Waals surface area contributed by atoms with E-state index >= 15 is 0 Å². The van der Waals surface area contributed by atoms with Gasteiger partial charge in [-0.2, -0.15) is 0 Å². The normalized spacial score (nSPS) is 18.1. The number of hydrogen-bond acceptors (Lipinski definition) is 3. The number of carbonyl (C=O) groups excluding carboxylic acids is 1. The molecule has 1 fully saturated rings. The zero-order valence-corrected chi connectivity index (χ0v) is 20.3. The first-order valence-electron chi connectivity index (χ1n) is 9.07. The summed E-state index contributed by atoms with van der Waals surface area (Å²) >= 11 is 3.49. The Hall–Kier alpha value is -1.03. The zero-order chi connectivity index (χ0) is 19.1. The van der Waals surface area contributed by atoms with Crippen LogP contribution in [0.2, 0.25) is 0 Å². The Labute approximate surface area is 187 Å². The molecule has 152 valence electrons. The lowest BCUT2D eigenvalue weighted by molar-refractivity contribution is -0.133. The van der Waals surface area contributed by atoms with Crippen molar-refractivity contribution in [1.29, 1.82) is 0 Å². The van der Waals surface area contributed by atoms with Crippen LogP contribution in [-0.2, 0) is 4.79 Å². The number of nitrogens with zero attached hydrogens (tertiary/aromatic N) is 2. The third-order valence-corrected chi connectivity index (χ3v) is 4.94. The average molecular weight is 553 g/mol. The van der Waals surface area contributed by atoms with Gasteiger partial charge in [-0.1, -0.05) is 26.0 Å². The predicted octanol–water partition coefficient (Wildman–Crippen LogP) is 3.26. The maximum atomic E-state index is 12.1. The summed E-state index contributed by atoms with van der Waals surface area (Å²) in [7, 11) is 1.75. The lowest BCUT2D eigenvalue weighted by Gasteiger charge is -2.22. The van der Waals surface area contributed by atoms with E-state index in [1.54, 1.807) is 7.05 Å². The molecule has 0 aliphatic carbocycles. The molecule has 6 nitrogen and oxygen atoms in total. The Kier molecular flexibility index (Phi) is 10.4. The van der Waals surface area contributed by atoms with Crippen molar-refractivity contribution < 1.29 is 9.53 Å². The zero-order valence-electron chi connectivity index (χ0n) is 16.4. The molecule has 1 aromatic rings. The number of aliphatic imine (C=N–C) groups is 1. The first-order chi connectivity index (χ1) is 12.4. The van der Waals surface area contributed by atoms with E-state index in [9.17, 15) is 4.79 Å². The maximum absolute atomic E-state index is 12.1. The van der Waals surface area contributed by atoms with Crippen molar-refractivity contribution in [2.75, 3.05) is 26.7 Å². The summed E-state index contributed by atoms with van der Waals surface area (Å²) < 4.78 is 6.88. The number of ether oxygens (including phenoxy) is 1. The molecule has 0 bridgehead atoms. The molecule has 0 saturated carbocycles. The van der Waals surface area contributed by atoms with Gasteiger partial charge in [0, 0.05) is 32.1 Å². The van der Waals surface area contributed by atoms with Crippen LogP contribution in [0, 0.1) is 5.92 Å². The highest BCUT2D eigenvalue weighted by atomic mass is 127. The van der Waals surface area contributed by atoms with Crippen molar-refractivity contribution in [3.05, 3.63) is 28.7 Å². The van der Waals surface area contributed by atoms with Crippen LogP contribution >= 0.6 is 39.9 Å². The van der Waals surface area contributed by atoms with Crippen LogP contribution in [0.25, 0.3) is 0 Å². The van der Waals surface area contributed by atoms with Gasteiger partial charge < -0.3 is 20.3 Å². The van der Waals surface area contributed by atoms with Gasteiger partial charge in [0.25, 0.3) is 0 Å². The number of para-hydroxylation sites is 1. The molecule has 1 aliphatic heterocycles. The van der Waals surface area contributed by atoms with Crippen molar-refractivity contribution in [2.45, 2.75) is 39.3 Å². The van der Waals surface area contributed by atoms with Gasteiger partial charge in [0.1, 0.15) is 11.9 Å². The molecule has 27 heavy (non-hydrogen) atoms. The van der Waals surface area contributed by atoms with Crippen molar-refractivity contribution in [1.82, 2.24) is 15.5 Å². The van der Waals surface area contributed by atoms with E-state index in [2.05, 4.69) is 31.6 Å². The fraction of sp³-hybridized carbons (Fsp3) is 0.579. The van der Waals surface area contributed by atoms with E-state index in [4.69, 9.17) is 4.74 Å². The number of carbonyl (C=O) groups is 1. The van der Waals surface area contributed by atoms with Crippen LogP contribution in [0.1, 0.15) is 27.2 Å². The third-order valence-electron chi connectivity index (χ3n) is 4.28. The first-order valence-corrected chi connectivity index (χ1v) is 9.87.